The number of rotatable bonds is 7. The summed E-state index contributed by atoms with van der Waals surface area (Å²) in [5, 5.41) is 5.85. The number of nitrogens with zero attached hydrogens (tertiary/aromatic N) is 3. The maximum absolute atomic E-state index is 14.6. The lowest BCUT2D eigenvalue weighted by atomic mass is 9.92. The summed E-state index contributed by atoms with van der Waals surface area (Å²) >= 11 is 0. The van der Waals surface area contributed by atoms with Gasteiger partial charge in [-0.05, 0) is 29.7 Å². The number of hydrogen-bond acceptors (Lipinski definition) is 5. The highest BCUT2D eigenvalue weighted by atomic mass is 19.1. The molecule has 0 aliphatic carbocycles. The van der Waals surface area contributed by atoms with Gasteiger partial charge in [0.1, 0.15) is 23.9 Å². The van der Waals surface area contributed by atoms with Crippen LogP contribution >= 0.6 is 0 Å². The predicted octanol–water partition coefficient (Wildman–Crippen LogP) is 4.42. The average molecular weight is 470 g/mol. The minimum absolute atomic E-state index is 0.131. The SMILES string of the molecule is COc1ccc(OC)c(C2CC(c3ccccc3F)=NN2C(=O)CN(C)C(=O)CC(C)(C)C)c1. The molecular formula is C26H32FN3O4. The van der Waals surface area contributed by atoms with E-state index in [1.54, 1.807) is 57.7 Å². The zero-order chi connectivity index (χ0) is 25.0. The molecule has 34 heavy (non-hydrogen) atoms. The molecule has 0 saturated carbocycles. The molecule has 0 bridgehead atoms. The molecule has 0 fully saturated rings. The topological polar surface area (TPSA) is 71.4 Å². The molecule has 0 saturated heterocycles. The number of amides is 2. The van der Waals surface area contributed by atoms with Gasteiger partial charge in [-0.25, -0.2) is 9.40 Å². The summed E-state index contributed by atoms with van der Waals surface area (Å²) in [4.78, 5) is 27.4. The Morgan fingerprint density at radius 2 is 1.85 bits per heavy atom. The Morgan fingerprint density at radius 3 is 2.47 bits per heavy atom. The number of ether oxygens (including phenoxy) is 2. The lowest BCUT2D eigenvalue weighted by molar-refractivity contribution is -0.141. The maximum Gasteiger partial charge on any atom is 0.262 e. The zero-order valence-electron chi connectivity index (χ0n) is 20.6. The first-order chi connectivity index (χ1) is 16.0. The number of halogens is 1. The molecule has 1 aliphatic heterocycles. The molecule has 0 N–H and O–H groups in total. The number of hydrogen-bond donors (Lipinski definition) is 0. The van der Waals surface area contributed by atoms with E-state index in [4.69, 9.17) is 9.47 Å². The zero-order valence-corrected chi connectivity index (χ0v) is 20.6. The van der Waals surface area contributed by atoms with Gasteiger partial charge >= 0.3 is 0 Å². The minimum Gasteiger partial charge on any atom is -0.497 e. The third-order valence-electron chi connectivity index (χ3n) is 5.63. The van der Waals surface area contributed by atoms with Crippen LogP contribution in [0.1, 0.15) is 50.8 Å². The fourth-order valence-electron chi connectivity index (χ4n) is 3.89. The number of carbonyl (C=O) groups is 2. The van der Waals surface area contributed by atoms with Gasteiger partial charge < -0.3 is 14.4 Å². The third-order valence-corrected chi connectivity index (χ3v) is 5.63. The first kappa shape index (κ1) is 25.2. The lowest BCUT2D eigenvalue weighted by Crippen LogP contribution is -2.40. The van der Waals surface area contributed by atoms with E-state index in [1.165, 1.54) is 16.0 Å². The molecule has 2 aromatic rings. The summed E-state index contributed by atoms with van der Waals surface area (Å²) in [5.41, 5.74) is 1.27. The molecule has 0 spiro atoms. The van der Waals surface area contributed by atoms with Crippen LogP contribution in [0.25, 0.3) is 0 Å². The maximum atomic E-state index is 14.6. The molecule has 1 unspecified atom stereocenters. The van der Waals surface area contributed by atoms with Crippen molar-refractivity contribution >= 4 is 17.5 Å². The standard InChI is InChI=1S/C26H32FN3O4/c1-26(2,3)15-24(31)29(4)16-25(32)30-22(19-13-17(33-5)11-12-23(19)34-6)14-21(28-30)18-9-7-8-10-20(18)27/h7-13,22H,14-16H2,1-6H3. The van der Waals surface area contributed by atoms with E-state index in [9.17, 15) is 14.0 Å². The molecule has 7 nitrogen and oxygen atoms in total. The summed E-state index contributed by atoms with van der Waals surface area (Å²) in [7, 11) is 4.70. The molecule has 182 valence electrons. The normalized spacial score (nSPS) is 15.7. The van der Waals surface area contributed by atoms with Gasteiger partial charge in [0, 0.05) is 31.0 Å². The highest BCUT2D eigenvalue weighted by molar-refractivity contribution is 6.03. The van der Waals surface area contributed by atoms with Gasteiger partial charge in [0.05, 0.1) is 26.0 Å². The van der Waals surface area contributed by atoms with Crippen LogP contribution in [0.15, 0.2) is 47.6 Å². The highest BCUT2D eigenvalue weighted by Gasteiger charge is 2.36. The quantitative estimate of drug-likeness (QED) is 0.602. The van der Waals surface area contributed by atoms with E-state index in [0.29, 0.717) is 34.8 Å². The molecule has 1 aliphatic rings. The van der Waals surface area contributed by atoms with Gasteiger partial charge in [0.2, 0.25) is 5.91 Å². The Morgan fingerprint density at radius 1 is 1.15 bits per heavy atom. The van der Waals surface area contributed by atoms with Crippen LogP contribution < -0.4 is 9.47 Å². The van der Waals surface area contributed by atoms with Crippen molar-refractivity contribution in [2.75, 3.05) is 27.8 Å². The van der Waals surface area contributed by atoms with E-state index < -0.39 is 11.9 Å². The van der Waals surface area contributed by atoms with Crippen LogP contribution in [-0.2, 0) is 9.59 Å². The van der Waals surface area contributed by atoms with Crippen molar-refractivity contribution in [1.82, 2.24) is 9.91 Å². The fourth-order valence-corrected chi connectivity index (χ4v) is 3.89. The van der Waals surface area contributed by atoms with E-state index in [0.717, 1.165) is 0 Å². The molecule has 0 aromatic heterocycles. The Balaban J connectivity index is 1.96. The monoisotopic (exact) mass is 469 g/mol. The van der Waals surface area contributed by atoms with E-state index in [1.807, 2.05) is 20.8 Å². The lowest BCUT2D eigenvalue weighted by Gasteiger charge is -2.27. The first-order valence-corrected chi connectivity index (χ1v) is 11.1. The van der Waals surface area contributed by atoms with Gasteiger partial charge in [-0.3, -0.25) is 9.59 Å². The van der Waals surface area contributed by atoms with Gasteiger partial charge in [0.25, 0.3) is 5.91 Å². The molecule has 1 atom stereocenters. The van der Waals surface area contributed by atoms with Crippen LogP contribution in [0.2, 0.25) is 0 Å². The van der Waals surface area contributed by atoms with E-state index in [-0.39, 0.29) is 30.2 Å². The van der Waals surface area contributed by atoms with Crippen molar-refractivity contribution in [2.24, 2.45) is 10.5 Å². The van der Waals surface area contributed by atoms with Crippen molar-refractivity contribution in [3.8, 4) is 11.5 Å². The predicted molar refractivity (Wildman–Crippen MR) is 128 cm³/mol. The number of carbonyl (C=O) groups excluding carboxylic acids is 2. The Kier molecular flexibility index (Phi) is 7.59. The number of benzene rings is 2. The summed E-state index contributed by atoms with van der Waals surface area (Å²) in [6.45, 7) is 5.76. The summed E-state index contributed by atoms with van der Waals surface area (Å²) in [5.74, 6) is 0.245. The Labute approximate surface area is 200 Å². The summed E-state index contributed by atoms with van der Waals surface area (Å²) < 4.78 is 25.5. The first-order valence-electron chi connectivity index (χ1n) is 11.1. The Bertz CT molecular complexity index is 1090. The summed E-state index contributed by atoms with van der Waals surface area (Å²) in [6.07, 6.45) is 0.601. The average Bonchev–Trinajstić information content (AvgIpc) is 3.23. The van der Waals surface area contributed by atoms with Crippen molar-refractivity contribution in [3.63, 3.8) is 0 Å². The van der Waals surface area contributed by atoms with Crippen molar-refractivity contribution in [3.05, 3.63) is 59.4 Å². The molecular weight excluding hydrogens is 437 g/mol. The second-order valence-electron chi connectivity index (χ2n) is 9.58. The smallest absolute Gasteiger partial charge is 0.262 e. The molecule has 8 heteroatoms. The largest absolute Gasteiger partial charge is 0.497 e. The third kappa shape index (κ3) is 5.73. The van der Waals surface area contributed by atoms with Crippen LogP contribution in [-0.4, -0.2) is 55.2 Å². The van der Waals surface area contributed by atoms with Crippen molar-refractivity contribution in [2.45, 2.75) is 39.7 Å². The molecule has 0 radical (unpaired) electrons. The summed E-state index contributed by atoms with van der Waals surface area (Å²) in [6, 6.07) is 11.1. The van der Waals surface area contributed by atoms with Gasteiger partial charge in [-0.1, -0.05) is 39.0 Å². The second-order valence-corrected chi connectivity index (χ2v) is 9.58. The highest BCUT2D eigenvalue weighted by Crippen LogP contribution is 2.39. The van der Waals surface area contributed by atoms with Gasteiger partial charge in [-0.15, -0.1) is 0 Å². The number of hydrazone groups is 1. The van der Waals surface area contributed by atoms with Crippen LogP contribution in [0.3, 0.4) is 0 Å². The van der Waals surface area contributed by atoms with Crippen LogP contribution in [0.5, 0.6) is 11.5 Å². The van der Waals surface area contributed by atoms with Crippen molar-refractivity contribution in [1.29, 1.82) is 0 Å². The minimum atomic E-state index is -0.543. The van der Waals surface area contributed by atoms with E-state index in [2.05, 4.69) is 5.10 Å². The molecule has 2 amide bonds. The van der Waals surface area contributed by atoms with Gasteiger partial charge in [-0.2, -0.15) is 5.10 Å². The number of likely N-dealkylation sites (N-methyl/N-ethyl adjacent to an activating group) is 1. The molecule has 2 aromatic carbocycles. The molecule has 1 heterocycles. The second kappa shape index (κ2) is 10.2. The molecule has 3 rings (SSSR count). The fraction of sp³-hybridized carbons (Fsp3) is 0.423. The van der Waals surface area contributed by atoms with Crippen molar-refractivity contribution < 1.29 is 23.5 Å². The van der Waals surface area contributed by atoms with Gasteiger partial charge in [0.15, 0.2) is 0 Å². The van der Waals surface area contributed by atoms with Crippen LogP contribution in [0.4, 0.5) is 4.39 Å². The number of methoxy groups -OCH3 is 2. The Hall–Kier alpha value is -3.42. The van der Waals surface area contributed by atoms with Crippen LogP contribution in [0, 0.1) is 11.2 Å². The van der Waals surface area contributed by atoms with E-state index >= 15 is 0 Å².